The quantitative estimate of drug-likeness (QED) is 0.212. The Hall–Kier alpha value is -1.61. The average Bonchev–Trinajstić information content (AvgIpc) is 2.88. The van der Waals surface area contributed by atoms with Gasteiger partial charge in [0.05, 0.1) is 14.7 Å². The van der Waals surface area contributed by atoms with Gasteiger partial charge < -0.3 is 0 Å². The van der Waals surface area contributed by atoms with Crippen molar-refractivity contribution in [3.63, 3.8) is 0 Å². The first-order valence-corrected chi connectivity index (χ1v) is 16.9. The predicted molar refractivity (Wildman–Crippen MR) is 158 cm³/mol. The number of hydrogen-bond acceptors (Lipinski definition) is 6. The molecule has 0 bridgehead atoms. The minimum Gasteiger partial charge on any atom is -0.211 e. The van der Waals surface area contributed by atoms with E-state index in [4.69, 9.17) is 0 Å². The van der Waals surface area contributed by atoms with Crippen LogP contribution in [-0.4, -0.2) is 85.3 Å². The molecule has 3 aromatic carbocycles. The molecule has 0 fully saturated rings. The topological polar surface area (TPSA) is 130 Å². The second-order valence-electron chi connectivity index (χ2n) is 9.35. The molecule has 0 spiro atoms. The summed E-state index contributed by atoms with van der Waals surface area (Å²) in [4.78, 5) is 0.393. The predicted octanol–water partition coefficient (Wildman–Crippen LogP) is 2.96. The van der Waals surface area contributed by atoms with E-state index < -0.39 is 30.1 Å². The summed E-state index contributed by atoms with van der Waals surface area (Å²) in [7, 11) is -11.3. The molecule has 0 heterocycles. The van der Waals surface area contributed by atoms with Gasteiger partial charge in [0, 0.05) is 55.7 Å². The van der Waals surface area contributed by atoms with Gasteiger partial charge in [-0.25, -0.2) is 34.7 Å². The van der Waals surface area contributed by atoms with Gasteiger partial charge >= 0.3 is 0 Å². The van der Waals surface area contributed by atoms with Crippen LogP contribution in [0.15, 0.2) is 87.5 Å². The van der Waals surface area contributed by atoms with Crippen molar-refractivity contribution in [2.45, 2.75) is 48.3 Å². The summed E-state index contributed by atoms with van der Waals surface area (Å²) in [6.45, 7) is 5.76. The maximum absolute atomic E-state index is 13.4. The molecule has 2 N–H and O–H groups in total. The number of aryl methyl sites for hydroxylation is 3. The van der Waals surface area contributed by atoms with Crippen LogP contribution in [0.4, 0.5) is 0 Å². The molecule has 0 aliphatic heterocycles. The Bertz CT molecular complexity index is 1480. The molecule has 0 atom stereocenters. The molecule has 0 aromatic heterocycles. The van der Waals surface area contributed by atoms with E-state index in [2.05, 4.69) is 9.44 Å². The summed E-state index contributed by atoms with van der Waals surface area (Å²) in [5.41, 5.74) is 2.79. The maximum Gasteiger partial charge on any atom is 0.243 e. The number of benzene rings is 3. The standard InChI is InChI=1S/C27H35N3O6S3.Na/c1-22-6-12-25(13-7-22)37(31,32)28-18-4-20-30(39(35,36)27-16-10-24(3)11-17-27)21-5-19-29-38(33,34)26-14-8-23(2)9-15-26;/h6-17,28-29H,4-5,18-21H2,1-3H3;. The van der Waals surface area contributed by atoms with Crippen LogP contribution in [-0.2, 0) is 30.1 Å². The molecule has 213 valence electrons. The van der Waals surface area contributed by atoms with Gasteiger partial charge in [-0.05, 0) is 70.0 Å². The van der Waals surface area contributed by atoms with E-state index in [1.807, 2.05) is 20.8 Å². The molecule has 40 heavy (non-hydrogen) atoms. The van der Waals surface area contributed by atoms with E-state index >= 15 is 0 Å². The molecule has 0 saturated carbocycles. The van der Waals surface area contributed by atoms with Gasteiger partial charge in [-0.2, -0.15) is 4.31 Å². The molecule has 9 nitrogen and oxygen atoms in total. The van der Waals surface area contributed by atoms with E-state index in [1.54, 1.807) is 36.4 Å². The Labute approximate surface area is 260 Å². The van der Waals surface area contributed by atoms with E-state index in [0.29, 0.717) is 0 Å². The van der Waals surface area contributed by atoms with Crippen LogP contribution < -0.4 is 9.44 Å². The number of sulfonamides is 3. The molecular formula is C27H35N3NaO6S3. The largest absolute Gasteiger partial charge is 0.243 e. The monoisotopic (exact) mass is 616 g/mol. The van der Waals surface area contributed by atoms with Gasteiger partial charge in [-0.1, -0.05) is 53.1 Å². The second-order valence-corrected chi connectivity index (χ2v) is 14.8. The molecular weight excluding hydrogens is 582 g/mol. The summed E-state index contributed by atoms with van der Waals surface area (Å²) >= 11 is 0. The number of nitrogens with one attached hydrogen (secondary N) is 2. The van der Waals surface area contributed by atoms with Crippen molar-refractivity contribution in [3.8, 4) is 0 Å². The van der Waals surface area contributed by atoms with E-state index in [-0.39, 0.29) is 83.3 Å². The molecule has 0 unspecified atom stereocenters. The van der Waals surface area contributed by atoms with Crippen LogP contribution >= 0.6 is 0 Å². The van der Waals surface area contributed by atoms with Gasteiger partial charge in [0.2, 0.25) is 30.1 Å². The van der Waals surface area contributed by atoms with Crippen LogP contribution in [0.1, 0.15) is 29.5 Å². The molecule has 3 aromatic rings. The average molecular weight is 617 g/mol. The molecule has 3 rings (SSSR count). The van der Waals surface area contributed by atoms with Crippen molar-refractivity contribution >= 4 is 59.6 Å². The smallest absolute Gasteiger partial charge is 0.211 e. The minimum atomic E-state index is -3.88. The first kappa shape index (κ1) is 34.6. The van der Waals surface area contributed by atoms with Gasteiger partial charge in [-0.3, -0.25) is 0 Å². The third kappa shape index (κ3) is 9.74. The van der Waals surface area contributed by atoms with Crippen LogP contribution in [0.5, 0.6) is 0 Å². The summed E-state index contributed by atoms with van der Waals surface area (Å²) in [5, 5.41) is 0. The van der Waals surface area contributed by atoms with E-state index in [0.717, 1.165) is 16.7 Å². The van der Waals surface area contributed by atoms with Crippen molar-refractivity contribution in [3.05, 3.63) is 89.5 Å². The first-order chi connectivity index (χ1) is 18.3. The van der Waals surface area contributed by atoms with Crippen molar-refractivity contribution in [1.82, 2.24) is 13.7 Å². The molecule has 0 aliphatic rings. The second kappa shape index (κ2) is 15.0. The fourth-order valence-corrected chi connectivity index (χ4v) is 7.40. The minimum absolute atomic E-state index is 0. The van der Waals surface area contributed by atoms with Crippen molar-refractivity contribution in [2.75, 3.05) is 26.2 Å². The maximum atomic E-state index is 13.4. The molecule has 1 radical (unpaired) electrons. The Balaban J connectivity index is 0.00000560. The molecule has 0 amide bonds. The molecule has 0 aliphatic carbocycles. The van der Waals surface area contributed by atoms with Crippen LogP contribution in [0.3, 0.4) is 0 Å². The Morgan fingerprint density at radius 1 is 0.525 bits per heavy atom. The first-order valence-electron chi connectivity index (χ1n) is 12.5. The number of nitrogens with zero attached hydrogens (tertiary/aromatic N) is 1. The van der Waals surface area contributed by atoms with Crippen LogP contribution in [0.2, 0.25) is 0 Å². The Kier molecular flexibility index (Phi) is 13.0. The van der Waals surface area contributed by atoms with Gasteiger partial charge in [0.25, 0.3) is 0 Å². The van der Waals surface area contributed by atoms with Gasteiger partial charge in [0.15, 0.2) is 0 Å². The third-order valence-electron chi connectivity index (χ3n) is 6.07. The summed E-state index contributed by atoms with van der Waals surface area (Å²) in [6.07, 6.45) is 0.455. The number of rotatable bonds is 14. The zero-order chi connectivity index (χ0) is 28.7. The van der Waals surface area contributed by atoms with Crippen LogP contribution in [0, 0.1) is 20.8 Å². The van der Waals surface area contributed by atoms with E-state index in [9.17, 15) is 25.3 Å². The van der Waals surface area contributed by atoms with E-state index in [1.165, 1.54) is 40.7 Å². The van der Waals surface area contributed by atoms with Crippen molar-refractivity contribution in [1.29, 1.82) is 0 Å². The van der Waals surface area contributed by atoms with Crippen LogP contribution in [0.25, 0.3) is 0 Å². The summed E-state index contributed by atoms with van der Waals surface area (Å²) in [6, 6.07) is 19.4. The van der Waals surface area contributed by atoms with Crippen molar-refractivity contribution < 1.29 is 25.3 Å². The summed E-state index contributed by atoms with van der Waals surface area (Å²) in [5.74, 6) is 0. The fourth-order valence-electron chi connectivity index (χ4n) is 3.74. The molecule has 13 heteroatoms. The normalized spacial score (nSPS) is 12.3. The zero-order valence-corrected chi connectivity index (χ0v) is 27.7. The molecule has 0 saturated heterocycles. The Morgan fingerprint density at radius 3 is 1.15 bits per heavy atom. The van der Waals surface area contributed by atoms with Gasteiger partial charge in [-0.15, -0.1) is 0 Å². The van der Waals surface area contributed by atoms with Gasteiger partial charge in [0.1, 0.15) is 0 Å². The Morgan fingerprint density at radius 2 is 0.825 bits per heavy atom. The number of hydrogen-bond donors (Lipinski definition) is 2. The van der Waals surface area contributed by atoms with Crippen molar-refractivity contribution in [2.24, 2.45) is 0 Å². The fraction of sp³-hybridized carbons (Fsp3) is 0.333. The zero-order valence-electron chi connectivity index (χ0n) is 23.3. The SMILES string of the molecule is Cc1ccc(S(=O)(=O)NCCCN(CCCNS(=O)(=O)c2ccc(C)cc2)S(=O)(=O)c2ccc(C)cc2)cc1.[Na]. The third-order valence-corrected chi connectivity index (χ3v) is 10.9. The summed E-state index contributed by atoms with van der Waals surface area (Å²) < 4.78 is 83.3.